The zero-order valence-corrected chi connectivity index (χ0v) is 19.5. The molecule has 170 valence electrons. The lowest BCUT2D eigenvalue weighted by molar-refractivity contribution is 0.0951. The van der Waals surface area contributed by atoms with Crippen molar-refractivity contribution < 1.29 is 17.6 Å². The van der Waals surface area contributed by atoms with Crippen LogP contribution in [0.1, 0.15) is 27.0 Å². The molecule has 8 heteroatoms. The fourth-order valence-electron chi connectivity index (χ4n) is 3.72. The number of nitrogens with one attached hydrogen (secondary N) is 1. The van der Waals surface area contributed by atoms with Gasteiger partial charge in [-0.1, -0.05) is 35.9 Å². The summed E-state index contributed by atoms with van der Waals surface area (Å²) in [6.45, 7) is 0.746. The summed E-state index contributed by atoms with van der Waals surface area (Å²) < 4.78 is 38.4. The Morgan fingerprint density at radius 2 is 1.85 bits per heavy atom. The summed E-state index contributed by atoms with van der Waals surface area (Å²) in [5.74, 6) is -0.600. The maximum absolute atomic E-state index is 13.5. The predicted molar refractivity (Wildman–Crippen MR) is 129 cm³/mol. The Hall–Kier alpha value is -3.16. The van der Waals surface area contributed by atoms with Crippen molar-refractivity contribution in [3.63, 3.8) is 0 Å². The molecule has 1 amide bonds. The highest BCUT2D eigenvalue weighted by Crippen LogP contribution is 2.21. The minimum absolute atomic E-state index is 0.0851. The molecule has 1 aromatic heterocycles. The van der Waals surface area contributed by atoms with Crippen LogP contribution in [0.4, 0.5) is 4.39 Å². The molecule has 4 rings (SSSR count). The van der Waals surface area contributed by atoms with Gasteiger partial charge in [-0.2, -0.15) is 0 Å². The lowest BCUT2D eigenvalue weighted by atomic mass is 10.1. The van der Waals surface area contributed by atoms with Crippen molar-refractivity contribution in [1.82, 2.24) is 9.88 Å². The van der Waals surface area contributed by atoms with E-state index in [9.17, 15) is 17.6 Å². The first-order valence-corrected chi connectivity index (χ1v) is 12.7. The summed E-state index contributed by atoms with van der Waals surface area (Å²) in [4.78, 5) is 12.7. The van der Waals surface area contributed by atoms with Crippen LogP contribution in [0.25, 0.3) is 10.9 Å². The number of carbonyl (C=O) groups is 1. The van der Waals surface area contributed by atoms with Gasteiger partial charge in [0.2, 0.25) is 0 Å². The Morgan fingerprint density at radius 3 is 2.58 bits per heavy atom. The second-order valence-electron chi connectivity index (χ2n) is 8.03. The van der Waals surface area contributed by atoms with Crippen molar-refractivity contribution in [1.29, 1.82) is 0 Å². The van der Waals surface area contributed by atoms with Crippen molar-refractivity contribution in [2.75, 3.05) is 6.26 Å². The molecule has 1 N–H and O–H groups in total. The molecule has 0 aliphatic carbocycles. The molecule has 5 nitrogen and oxygen atoms in total. The van der Waals surface area contributed by atoms with Crippen LogP contribution in [-0.2, 0) is 28.7 Å². The highest BCUT2D eigenvalue weighted by molar-refractivity contribution is 7.89. The fourth-order valence-corrected chi connectivity index (χ4v) is 4.77. The van der Waals surface area contributed by atoms with E-state index in [2.05, 4.69) is 5.32 Å². The van der Waals surface area contributed by atoms with Gasteiger partial charge in [-0.3, -0.25) is 4.79 Å². The number of sulfone groups is 1. The molecule has 4 aromatic rings. The Morgan fingerprint density at radius 1 is 1.03 bits per heavy atom. The van der Waals surface area contributed by atoms with Crippen LogP contribution in [0, 0.1) is 5.82 Å². The topological polar surface area (TPSA) is 68.2 Å². The summed E-state index contributed by atoms with van der Waals surface area (Å²) in [6.07, 6.45) is 3.08. The zero-order valence-electron chi connectivity index (χ0n) is 17.9. The van der Waals surface area contributed by atoms with Crippen LogP contribution in [0.3, 0.4) is 0 Å². The summed E-state index contributed by atoms with van der Waals surface area (Å²) in [5, 5.41) is 4.16. The first-order chi connectivity index (χ1) is 15.7. The normalized spacial score (nSPS) is 11.6. The Kier molecular flexibility index (Phi) is 6.54. The van der Waals surface area contributed by atoms with Crippen molar-refractivity contribution in [2.24, 2.45) is 0 Å². The number of benzene rings is 3. The van der Waals surface area contributed by atoms with Gasteiger partial charge in [-0.05, 0) is 59.2 Å². The van der Waals surface area contributed by atoms with Gasteiger partial charge in [0.1, 0.15) is 5.82 Å². The number of halogens is 2. The van der Waals surface area contributed by atoms with Gasteiger partial charge in [0.25, 0.3) is 5.91 Å². The van der Waals surface area contributed by atoms with Crippen LogP contribution in [0.2, 0.25) is 5.02 Å². The number of hydrogen-bond acceptors (Lipinski definition) is 3. The van der Waals surface area contributed by atoms with Gasteiger partial charge in [0.15, 0.2) is 9.84 Å². The molecule has 0 atom stereocenters. The van der Waals surface area contributed by atoms with Gasteiger partial charge >= 0.3 is 0 Å². The van der Waals surface area contributed by atoms with Crippen LogP contribution in [0.5, 0.6) is 0 Å². The largest absolute Gasteiger partial charge is 0.348 e. The molecule has 0 radical (unpaired) electrons. The number of fused-ring (bicyclic) bond motifs is 1. The average Bonchev–Trinajstić information content (AvgIpc) is 3.14. The molecule has 0 spiro atoms. The average molecular weight is 485 g/mol. The maximum atomic E-state index is 13.5. The standard InChI is InChI=1S/C25H22ClFN2O3S/c1-33(31,32)16-18-5-6-21(23(26)12-18)14-28-25(30)20-7-8-24-19(13-20)9-10-29(24)15-17-3-2-4-22(27)11-17/h2-13H,14-16H2,1H3,(H,28,30). The van der Waals surface area contributed by atoms with Crippen LogP contribution in [0.15, 0.2) is 72.9 Å². The molecule has 3 aromatic carbocycles. The Labute approximate surface area is 196 Å². The number of nitrogens with zero attached hydrogens (tertiary/aromatic N) is 1. The van der Waals surface area contributed by atoms with Crippen LogP contribution in [-0.4, -0.2) is 25.1 Å². The number of rotatable bonds is 7. The summed E-state index contributed by atoms with van der Waals surface area (Å²) in [6, 6.07) is 18.9. The van der Waals surface area contributed by atoms with Crippen molar-refractivity contribution in [2.45, 2.75) is 18.8 Å². The monoisotopic (exact) mass is 484 g/mol. The summed E-state index contributed by atoms with van der Waals surface area (Å²) in [7, 11) is -3.15. The van der Waals surface area contributed by atoms with E-state index in [0.717, 1.165) is 16.5 Å². The van der Waals surface area contributed by atoms with Gasteiger partial charge in [0.05, 0.1) is 5.75 Å². The number of carbonyl (C=O) groups excluding carboxylic acids is 1. The SMILES string of the molecule is CS(=O)(=O)Cc1ccc(CNC(=O)c2ccc3c(ccn3Cc3cccc(F)c3)c2)c(Cl)c1. The van der Waals surface area contributed by atoms with E-state index in [-0.39, 0.29) is 24.0 Å². The minimum atomic E-state index is -3.15. The molecule has 0 aliphatic rings. The van der Waals surface area contributed by atoms with E-state index in [1.54, 1.807) is 30.3 Å². The van der Waals surface area contributed by atoms with Crippen LogP contribution >= 0.6 is 11.6 Å². The van der Waals surface area contributed by atoms with E-state index in [4.69, 9.17) is 11.6 Å². The fraction of sp³-hybridized carbons (Fsp3) is 0.160. The zero-order chi connectivity index (χ0) is 23.6. The van der Waals surface area contributed by atoms with Crippen molar-refractivity contribution in [3.8, 4) is 0 Å². The van der Waals surface area contributed by atoms with Gasteiger partial charge in [0, 0.05) is 47.0 Å². The van der Waals surface area contributed by atoms with Crippen LogP contribution < -0.4 is 5.32 Å². The van der Waals surface area contributed by atoms with Gasteiger partial charge < -0.3 is 9.88 Å². The van der Waals surface area contributed by atoms with E-state index in [1.165, 1.54) is 18.4 Å². The van der Waals surface area contributed by atoms with Gasteiger partial charge in [-0.15, -0.1) is 0 Å². The number of amides is 1. The molecule has 0 bridgehead atoms. The first-order valence-electron chi connectivity index (χ1n) is 10.2. The molecule has 0 saturated heterocycles. The quantitative estimate of drug-likeness (QED) is 0.403. The minimum Gasteiger partial charge on any atom is -0.348 e. The third-order valence-corrected chi connectivity index (χ3v) is 6.47. The predicted octanol–water partition coefficient (Wildman–Crippen LogP) is 4.96. The van der Waals surface area contributed by atoms with Gasteiger partial charge in [-0.25, -0.2) is 12.8 Å². The van der Waals surface area contributed by atoms with E-state index >= 15 is 0 Å². The molecule has 0 aliphatic heterocycles. The summed E-state index contributed by atoms with van der Waals surface area (Å²) in [5.41, 5.74) is 3.61. The molecular formula is C25H22ClFN2O3S. The molecule has 0 saturated carbocycles. The lowest BCUT2D eigenvalue weighted by Gasteiger charge is -2.10. The van der Waals surface area contributed by atoms with E-state index < -0.39 is 9.84 Å². The molecule has 0 unspecified atom stereocenters. The second-order valence-corrected chi connectivity index (χ2v) is 10.6. The number of hydrogen-bond donors (Lipinski definition) is 1. The van der Waals surface area contributed by atoms with E-state index in [1.807, 2.05) is 35.0 Å². The number of aromatic nitrogens is 1. The molecule has 0 fully saturated rings. The Bertz CT molecular complexity index is 1450. The third-order valence-electron chi connectivity index (χ3n) is 5.26. The molecule has 1 heterocycles. The smallest absolute Gasteiger partial charge is 0.251 e. The summed E-state index contributed by atoms with van der Waals surface area (Å²) >= 11 is 6.27. The molecular weight excluding hydrogens is 463 g/mol. The Balaban J connectivity index is 1.44. The lowest BCUT2D eigenvalue weighted by Crippen LogP contribution is -2.23. The van der Waals surface area contributed by atoms with Crippen molar-refractivity contribution in [3.05, 3.63) is 106 Å². The second kappa shape index (κ2) is 9.37. The van der Waals surface area contributed by atoms with E-state index in [0.29, 0.717) is 28.3 Å². The maximum Gasteiger partial charge on any atom is 0.251 e. The third kappa shape index (κ3) is 5.80. The first kappa shape index (κ1) is 23.0. The molecule has 33 heavy (non-hydrogen) atoms. The highest BCUT2D eigenvalue weighted by Gasteiger charge is 2.11. The highest BCUT2D eigenvalue weighted by atomic mass is 35.5. The van der Waals surface area contributed by atoms with Crippen molar-refractivity contribution >= 4 is 38.2 Å².